The lowest BCUT2D eigenvalue weighted by atomic mass is 9.67. The lowest BCUT2D eigenvalue weighted by Gasteiger charge is -2.32. The first-order valence-corrected chi connectivity index (χ1v) is 8.27. The Hall–Kier alpha value is -0.845. The second kappa shape index (κ2) is 5.66. The van der Waals surface area contributed by atoms with Crippen molar-refractivity contribution in [3.8, 4) is 0 Å². The van der Waals surface area contributed by atoms with E-state index >= 15 is 0 Å². The minimum Gasteiger partial charge on any atom is -0.403 e. The molecule has 22 heavy (non-hydrogen) atoms. The predicted molar refractivity (Wildman–Crippen MR) is 85.6 cm³/mol. The molecule has 1 aromatic rings. The fourth-order valence-electron chi connectivity index (χ4n) is 3.18. The molecule has 2 aliphatic rings. The first-order valence-electron chi connectivity index (χ1n) is 8.27. The summed E-state index contributed by atoms with van der Waals surface area (Å²) in [6, 6.07) is 2.01. The van der Waals surface area contributed by atoms with Gasteiger partial charge in [0.1, 0.15) is 0 Å². The van der Waals surface area contributed by atoms with E-state index < -0.39 is 0 Å². The summed E-state index contributed by atoms with van der Waals surface area (Å²) in [5, 5.41) is 3.95. The standard InChI is InChI=1S/C16H27BN2O3/c1-12-10-14(20-18-12)11-19-8-6-13(7-9-19)17-21-15(2,3)16(4,5)22-17/h10,13H,6-9,11H2,1-5H3. The minimum absolute atomic E-state index is 0.0697. The Labute approximate surface area is 133 Å². The van der Waals surface area contributed by atoms with Crippen molar-refractivity contribution in [2.75, 3.05) is 13.1 Å². The Kier molecular flexibility index (Phi) is 4.12. The molecule has 2 aliphatic heterocycles. The monoisotopic (exact) mass is 306 g/mol. The van der Waals surface area contributed by atoms with Gasteiger partial charge in [-0.15, -0.1) is 0 Å². The highest BCUT2D eigenvalue weighted by atomic mass is 16.7. The van der Waals surface area contributed by atoms with E-state index in [-0.39, 0.29) is 18.3 Å². The summed E-state index contributed by atoms with van der Waals surface area (Å²) in [6.07, 6.45) is 2.20. The maximum Gasteiger partial charge on any atom is 0.461 e. The van der Waals surface area contributed by atoms with E-state index in [4.69, 9.17) is 13.8 Å². The van der Waals surface area contributed by atoms with Crippen molar-refractivity contribution >= 4 is 7.12 Å². The Morgan fingerprint density at radius 1 is 1.18 bits per heavy atom. The number of aromatic nitrogens is 1. The average Bonchev–Trinajstić information content (AvgIpc) is 2.92. The van der Waals surface area contributed by atoms with E-state index in [2.05, 4.69) is 37.8 Å². The van der Waals surface area contributed by atoms with Crippen molar-refractivity contribution < 1.29 is 13.8 Å². The van der Waals surface area contributed by atoms with Gasteiger partial charge in [-0.3, -0.25) is 4.90 Å². The molecule has 0 amide bonds. The van der Waals surface area contributed by atoms with Crippen LogP contribution in [0.15, 0.2) is 10.6 Å². The zero-order valence-corrected chi connectivity index (χ0v) is 14.4. The van der Waals surface area contributed by atoms with Crippen molar-refractivity contribution in [3.05, 3.63) is 17.5 Å². The highest BCUT2D eigenvalue weighted by molar-refractivity contribution is 6.47. The van der Waals surface area contributed by atoms with E-state index in [0.29, 0.717) is 5.82 Å². The summed E-state index contributed by atoms with van der Waals surface area (Å²) in [5.74, 6) is 1.43. The number of nitrogens with zero attached hydrogens (tertiary/aromatic N) is 2. The third-order valence-electron chi connectivity index (χ3n) is 5.34. The molecule has 3 rings (SSSR count). The molecule has 1 aromatic heterocycles. The van der Waals surface area contributed by atoms with Gasteiger partial charge < -0.3 is 13.8 Å². The molecule has 0 saturated carbocycles. The van der Waals surface area contributed by atoms with Crippen LogP contribution >= 0.6 is 0 Å². The van der Waals surface area contributed by atoms with Gasteiger partial charge in [0.15, 0.2) is 5.76 Å². The number of hydrogen-bond donors (Lipinski definition) is 0. The zero-order chi connectivity index (χ0) is 16.0. The molecule has 3 heterocycles. The maximum absolute atomic E-state index is 6.19. The van der Waals surface area contributed by atoms with E-state index in [1.54, 1.807) is 0 Å². The van der Waals surface area contributed by atoms with Gasteiger partial charge in [-0.2, -0.15) is 0 Å². The Bertz CT molecular complexity index is 505. The first-order chi connectivity index (χ1) is 10.3. The van der Waals surface area contributed by atoms with Crippen LogP contribution in [-0.2, 0) is 15.9 Å². The lowest BCUT2D eigenvalue weighted by molar-refractivity contribution is 0.00578. The first kappa shape index (κ1) is 16.0. The maximum atomic E-state index is 6.19. The molecule has 0 aliphatic carbocycles. The Morgan fingerprint density at radius 2 is 1.77 bits per heavy atom. The van der Waals surface area contributed by atoms with Gasteiger partial charge in [0.25, 0.3) is 0 Å². The number of rotatable bonds is 3. The molecule has 0 aromatic carbocycles. The van der Waals surface area contributed by atoms with Crippen LogP contribution in [0.4, 0.5) is 0 Å². The second-order valence-corrected chi connectivity index (χ2v) is 7.67. The molecule has 0 atom stereocenters. The van der Waals surface area contributed by atoms with Crippen molar-refractivity contribution in [1.29, 1.82) is 0 Å². The minimum atomic E-state index is -0.230. The van der Waals surface area contributed by atoms with E-state index in [1.165, 1.54) is 0 Å². The highest BCUT2D eigenvalue weighted by Crippen LogP contribution is 2.42. The highest BCUT2D eigenvalue weighted by Gasteiger charge is 2.53. The van der Waals surface area contributed by atoms with Crippen molar-refractivity contribution in [2.24, 2.45) is 0 Å². The van der Waals surface area contributed by atoms with Crippen LogP contribution in [0.3, 0.4) is 0 Å². The predicted octanol–water partition coefficient (Wildman–Crippen LogP) is 3.04. The molecular formula is C16H27BN2O3. The smallest absolute Gasteiger partial charge is 0.403 e. The van der Waals surface area contributed by atoms with Gasteiger partial charge in [0.2, 0.25) is 0 Å². The number of aryl methyl sites for hydroxylation is 1. The number of hydrogen-bond acceptors (Lipinski definition) is 5. The van der Waals surface area contributed by atoms with Crippen LogP contribution in [0.2, 0.25) is 5.82 Å². The third kappa shape index (κ3) is 3.10. The molecule has 5 nitrogen and oxygen atoms in total. The van der Waals surface area contributed by atoms with E-state index in [0.717, 1.165) is 43.9 Å². The molecule has 0 unspecified atom stereocenters. The molecule has 0 spiro atoms. The Balaban J connectivity index is 1.52. The van der Waals surface area contributed by atoms with Crippen molar-refractivity contribution in [2.45, 2.75) is 71.0 Å². The molecule has 0 N–H and O–H groups in total. The summed E-state index contributed by atoms with van der Waals surface area (Å²) >= 11 is 0. The summed E-state index contributed by atoms with van der Waals surface area (Å²) in [7, 11) is -0.0697. The van der Waals surface area contributed by atoms with Crippen LogP contribution in [0, 0.1) is 6.92 Å². The van der Waals surface area contributed by atoms with Gasteiger partial charge in [0.05, 0.1) is 23.4 Å². The largest absolute Gasteiger partial charge is 0.461 e. The summed E-state index contributed by atoms with van der Waals surface area (Å²) in [6.45, 7) is 13.4. The normalized spacial score (nSPS) is 25.8. The van der Waals surface area contributed by atoms with Crippen LogP contribution < -0.4 is 0 Å². The average molecular weight is 306 g/mol. The second-order valence-electron chi connectivity index (χ2n) is 7.67. The molecule has 2 fully saturated rings. The van der Waals surface area contributed by atoms with Crippen molar-refractivity contribution in [3.63, 3.8) is 0 Å². The zero-order valence-electron chi connectivity index (χ0n) is 14.4. The lowest BCUT2D eigenvalue weighted by Crippen LogP contribution is -2.41. The van der Waals surface area contributed by atoms with Crippen LogP contribution in [0.25, 0.3) is 0 Å². The summed E-state index contributed by atoms with van der Waals surface area (Å²) in [5.41, 5.74) is 0.486. The van der Waals surface area contributed by atoms with E-state index in [1.807, 2.05) is 13.0 Å². The number of likely N-dealkylation sites (tertiary alicyclic amines) is 1. The van der Waals surface area contributed by atoms with Crippen LogP contribution in [-0.4, -0.2) is 41.5 Å². The summed E-state index contributed by atoms with van der Waals surface area (Å²) in [4.78, 5) is 2.42. The van der Waals surface area contributed by atoms with Gasteiger partial charge in [-0.25, -0.2) is 0 Å². The quantitative estimate of drug-likeness (QED) is 0.803. The number of piperidine rings is 1. The fourth-order valence-corrected chi connectivity index (χ4v) is 3.18. The Morgan fingerprint density at radius 3 is 2.27 bits per heavy atom. The molecular weight excluding hydrogens is 279 g/mol. The van der Waals surface area contributed by atoms with Crippen LogP contribution in [0.1, 0.15) is 52.0 Å². The molecule has 122 valence electrons. The van der Waals surface area contributed by atoms with Gasteiger partial charge >= 0.3 is 7.12 Å². The topological polar surface area (TPSA) is 47.7 Å². The van der Waals surface area contributed by atoms with Gasteiger partial charge in [0, 0.05) is 6.07 Å². The SMILES string of the molecule is Cc1cc(CN2CCC(B3OC(C)(C)C(C)(C)O3)CC2)on1. The van der Waals surface area contributed by atoms with Crippen molar-refractivity contribution in [1.82, 2.24) is 10.1 Å². The van der Waals surface area contributed by atoms with E-state index in [9.17, 15) is 0 Å². The molecule has 6 heteroatoms. The molecule has 0 radical (unpaired) electrons. The molecule has 0 bridgehead atoms. The van der Waals surface area contributed by atoms with Crippen LogP contribution in [0.5, 0.6) is 0 Å². The third-order valence-corrected chi connectivity index (χ3v) is 5.34. The summed E-state index contributed by atoms with van der Waals surface area (Å²) < 4.78 is 17.7. The fraction of sp³-hybridized carbons (Fsp3) is 0.812. The molecule has 2 saturated heterocycles. The van der Waals surface area contributed by atoms with Gasteiger partial charge in [-0.1, -0.05) is 5.16 Å². The van der Waals surface area contributed by atoms with Gasteiger partial charge in [-0.05, 0) is 66.4 Å².